The van der Waals surface area contributed by atoms with Gasteiger partial charge in [-0.2, -0.15) is 5.10 Å². The lowest BCUT2D eigenvalue weighted by Crippen LogP contribution is -2.13. The van der Waals surface area contributed by atoms with E-state index in [0.29, 0.717) is 16.9 Å². The Morgan fingerprint density at radius 3 is 3.13 bits per heavy atom. The van der Waals surface area contributed by atoms with E-state index in [9.17, 15) is 4.79 Å². The maximum Gasteiger partial charge on any atom is 0.327 e. The summed E-state index contributed by atoms with van der Waals surface area (Å²) >= 11 is 0. The summed E-state index contributed by atoms with van der Waals surface area (Å²) in [6, 6.07) is 0. The van der Waals surface area contributed by atoms with Gasteiger partial charge in [0.1, 0.15) is 18.7 Å². The van der Waals surface area contributed by atoms with Crippen molar-refractivity contribution in [3.8, 4) is 0 Å². The second-order valence-electron chi connectivity index (χ2n) is 2.87. The van der Waals surface area contributed by atoms with Crippen molar-refractivity contribution in [3.63, 3.8) is 0 Å². The minimum atomic E-state index is -0.391. The summed E-state index contributed by atoms with van der Waals surface area (Å²) < 4.78 is 5.94. The van der Waals surface area contributed by atoms with Crippen molar-refractivity contribution in [2.24, 2.45) is 0 Å². The lowest BCUT2D eigenvalue weighted by atomic mass is 10.4. The fourth-order valence-corrected chi connectivity index (χ4v) is 1.21. The predicted octanol–water partition coefficient (Wildman–Crippen LogP) is -0.419. The first kappa shape index (κ1) is 9.38. The summed E-state index contributed by atoms with van der Waals surface area (Å²) in [6.45, 7) is 0.0104. The Hall–Kier alpha value is -2.18. The number of hydrogen-bond donors (Lipinski definition) is 1. The van der Waals surface area contributed by atoms with E-state index in [0.717, 1.165) is 0 Å². The van der Waals surface area contributed by atoms with Gasteiger partial charge in [-0.3, -0.25) is 4.79 Å². The molecule has 15 heavy (non-hydrogen) atoms. The summed E-state index contributed by atoms with van der Waals surface area (Å²) in [6.07, 6.45) is 2.85. The SMILES string of the molecule is COC(=O)Cn1ncc2c(N)ncnc21. The summed E-state index contributed by atoms with van der Waals surface area (Å²) in [4.78, 5) is 18.9. The molecular formula is C8H9N5O2. The van der Waals surface area contributed by atoms with Crippen LogP contribution in [0.4, 0.5) is 5.82 Å². The summed E-state index contributed by atoms with van der Waals surface area (Å²) in [5.41, 5.74) is 6.13. The van der Waals surface area contributed by atoms with Crippen LogP contribution < -0.4 is 5.73 Å². The van der Waals surface area contributed by atoms with Crippen LogP contribution in [-0.2, 0) is 16.1 Å². The van der Waals surface area contributed by atoms with Gasteiger partial charge in [-0.05, 0) is 0 Å². The van der Waals surface area contributed by atoms with Crippen molar-refractivity contribution >= 4 is 22.8 Å². The summed E-state index contributed by atoms with van der Waals surface area (Å²) in [5, 5.41) is 4.60. The molecule has 0 aliphatic rings. The fourth-order valence-electron chi connectivity index (χ4n) is 1.21. The van der Waals surface area contributed by atoms with E-state index in [1.165, 1.54) is 24.3 Å². The molecule has 0 saturated heterocycles. The Balaban J connectivity index is 2.45. The highest BCUT2D eigenvalue weighted by Crippen LogP contribution is 2.14. The lowest BCUT2D eigenvalue weighted by molar-refractivity contribution is -0.141. The van der Waals surface area contributed by atoms with Crippen LogP contribution in [0.1, 0.15) is 0 Å². The Morgan fingerprint density at radius 1 is 1.60 bits per heavy atom. The summed E-state index contributed by atoms with van der Waals surface area (Å²) in [7, 11) is 1.32. The number of esters is 1. The second-order valence-corrected chi connectivity index (χ2v) is 2.87. The Bertz CT molecular complexity index is 507. The quantitative estimate of drug-likeness (QED) is 0.672. The molecule has 2 heterocycles. The standard InChI is InChI=1S/C8H9N5O2/c1-15-6(14)3-13-8-5(2-12-13)7(9)10-4-11-8/h2,4H,3H2,1H3,(H2,9,10,11). The Labute approximate surface area is 84.9 Å². The zero-order valence-electron chi connectivity index (χ0n) is 8.04. The van der Waals surface area contributed by atoms with Crippen molar-refractivity contribution in [1.82, 2.24) is 19.7 Å². The van der Waals surface area contributed by atoms with E-state index in [4.69, 9.17) is 5.73 Å². The number of aromatic nitrogens is 4. The number of hydrogen-bond acceptors (Lipinski definition) is 6. The molecular weight excluding hydrogens is 198 g/mol. The molecule has 7 heteroatoms. The van der Waals surface area contributed by atoms with E-state index < -0.39 is 5.97 Å². The average Bonchev–Trinajstić information content (AvgIpc) is 2.63. The van der Waals surface area contributed by atoms with E-state index in [-0.39, 0.29) is 6.54 Å². The van der Waals surface area contributed by atoms with Crippen LogP contribution in [0.2, 0.25) is 0 Å². The minimum absolute atomic E-state index is 0.0104. The normalized spacial score (nSPS) is 10.5. The first-order valence-electron chi connectivity index (χ1n) is 4.21. The van der Waals surface area contributed by atoms with Gasteiger partial charge in [0.2, 0.25) is 0 Å². The van der Waals surface area contributed by atoms with Crippen LogP contribution in [0.3, 0.4) is 0 Å². The molecule has 0 bridgehead atoms. The first-order valence-corrected chi connectivity index (χ1v) is 4.21. The molecule has 7 nitrogen and oxygen atoms in total. The molecule has 0 unspecified atom stereocenters. The van der Waals surface area contributed by atoms with Crippen molar-refractivity contribution in [3.05, 3.63) is 12.5 Å². The summed E-state index contributed by atoms with van der Waals surface area (Å²) in [5.74, 6) is -0.0479. The van der Waals surface area contributed by atoms with Crippen LogP contribution in [0.5, 0.6) is 0 Å². The third-order valence-electron chi connectivity index (χ3n) is 1.97. The highest BCUT2D eigenvalue weighted by Gasteiger charge is 2.10. The van der Waals surface area contributed by atoms with Gasteiger partial charge in [-0.15, -0.1) is 0 Å². The van der Waals surface area contributed by atoms with Crippen molar-refractivity contribution < 1.29 is 9.53 Å². The maximum atomic E-state index is 11.1. The van der Waals surface area contributed by atoms with Gasteiger partial charge < -0.3 is 10.5 Å². The predicted molar refractivity (Wildman–Crippen MR) is 51.8 cm³/mol. The number of ether oxygens (including phenoxy) is 1. The van der Waals surface area contributed by atoms with Crippen LogP contribution in [-0.4, -0.2) is 32.8 Å². The number of anilines is 1. The van der Waals surface area contributed by atoms with E-state index in [2.05, 4.69) is 19.8 Å². The van der Waals surface area contributed by atoms with E-state index >= 15 is 0 Å². The molecule has 2 aromatic heterocycles. The van der Waals surface area contributed by atoms with Gasteiger partial charge in [0.15, 0.2) is 5.65 Å². The zero-order valence-corrected chi connectivity index (χ0v) is 8.04. The highest BCUT2D eigenvalue weighted by atomic mass is 16.5. The van der Waals surface area contributed by atoms with E-state index in [1.807, 2.05) is 0 Å². The number of methoxy groups -OCH3 is 1. The van der Waals surface area contributed by atoms with Gasteiger partial charge in [-0.1, -0.05) is 0 Å². The second kappa shape index (κ2) is 3.52. The maximum absolute atomic E-state index is 11.1. The van der Waals surface area contributed by atoms with Crippen molar-refractivity contribution in [2.45, 2.75) is 6.54 Å². The number of nitrogen functional groups attached to an aromatic ring is 1. The topological polar surface area (TPSA) is 95.9 Å². The van der Waals surface area contributed by atoms with Gasteiger partial charge >= 0.3 is 5.97 Å². The van der Waals surface area contributed by atoms with Crippen LogP contribution in [0.25, 0.3) is 11.0 Å². The fraction of sp³-hybridized carbons (Fsp3) is 0.250. The van der Waals surface area contributed by atoms with Gasteiger partial charge in [0, 0.05) is 0 Å². The average molecular weight is 207 g/mol. The van der Waals surface area contributed by atoms with Gasteiger partial charge in [0.25, 0.3) is 0 Å². The highest BCUT2D eigenvalue weighted by molar-refractivity contribution is 5.85. The minimum Gasteiger partial charge on any atom is -0.468 e. The molecule has 2 N–H and O–H groups in total. The molecule has 0 radical (unpaired) electrons. The van der Waals surface area contributed by atoms with Crippen LogP contribution in [0.15, 0.2) is 12.5 Å². The Morgan fingerprint density at radius 2 is 2.40 bits per heavy atom. The molecule has 0 saturated carbocycles. The van der Waals surface area contributed by atoms with Crippen molar-refractivity contribution in [1.29, 1.82) is 0 Å². The van der Waals surface area contributed by atoms with Gasteiger partial charge in [-0.25, -0.2) is 14.6 Å². The molecule has 0 aromatic carbocycles. The number of nitrogens with zero attached hydrogens (tertiary/aromatic N) is 4. The largest absolute Gasteiger partial charge is 0.468 e. The molecule has 0 atom stereocenters. The monoisotopic (exact) mass is 207 g/mol. The molecule has 0 amide bonds. The number of carbonyl (C=O) groups excluding carboxylic acids is 1. The lowest BCUT2D eigenvalue weighted by Gasteiger charge is -2.00. The number of fused-ring (bicyclic) bond motifs is 1. The molecule has 2 rings (SSSR count). The number of rotatable bonds is 2. The zero-order chi connectivity index (χ0) is 10.8. The first-order chi connectivity index (χ1) is 7.22. The molecule has 0 aliphatic carbocycles. The molecule has 0 spiro atoms. The Kier molecular flexibility index (Phi) is 2.20. The van der Waals surface area contributed by atoms with E-state index in [1.54, 1.807) is 0 Å². The molecule has 2 aromatic rings. The number of nitrogens with two attached hydrogens (primary N) is 1. The smallest absolute Gasteiger partial charge is 0.327 e. The van der Waals surface area contributed by atoms with Crippen molar-refractivity contribution in [2.75, 3.05) is 12.8 Å². The van der Waals surface area contributed by atoms with Gasteiger partial charge in [0.05, 0.1) is 18.7 Å². The molecule has 0 aliphatic heterocycles. The third kappa shape index (κ3) is 1.58. The third-order valence-corrected chi connectivity index (χ3v) is 1.97. The molecule has 78 valence electrons. The van der Waals surface area contributed by atoms with Crippen LogP contribution >= 0.6 is 0 Å². The molecule has 0 fully saturated rings. The number of carbonyl (C=O) groups is 1. The van der Waals surface area contributed by atoms with Crippen LogP contribution in [0, 0.1) is 0 Å².